The molecular weight excluding hydrogens is 330 g/mol. The minimum atomic E-state index is -0.169. The van der Waals surface area contributed by atoms with Crippen LogP contribution in [0, 0.1) is 18.3 Å². The Hall–Kier alpha value is -2.32. The SMILES string of the molecule is Cc1ccc(NCC(=O)Nc2cccc(C#N)c2)c(Br)c1. The van der Waals surface area contributed by atoms with E-state index in [4.69, 9.17) is 5.26 Å². The maximum atomic E-state index is 11.9. The highest BCUT2D eigenvalue weighted by atomic mass is 79.9. The fourth-order valence-corrected chi connectivity index (χ4v) is 2.44. The molecule has 0 aliphatic rings. The average Bonchev–Trinajstić information content (AvgIpc) is 2.46. The van der Waals surface area contributed by atoms with Crippen LogP contribution in [0.1, 0.15) is 11.1 Å². The van der Waals surface area contributed by atoms with Crippen LogP contribution in [-0.4, -0.2) is 12.5 Å². The largest absolute Gasteiger partial charge is 0.375 e. The molecule has 0 unspecified atom stereocenters. The number of aryl methyl sites for hydroxylation is 1. The van der Waals surface area contributed by atoms with Gasteiger partial charge in [0.05, 0.1) is 18.2 Å². The topological polar surface area (TPSA) is 64.9 Å². The van der Waals surface area contributed by atoms with Crippen LogP contribution < -0.4 is 10.6 Å². The molecule has 0 heterocycles. The Morgan fingerprint density at radius 2 is 2.10 bits per heavy atom. The summed E-state index contributed by atoms with van der Waals surface area (Å²) in [5.41, 5.74) is 3.14. The number of amides is 1. The second-order valence-corrected chi connectivity index (χ2v) is 5.43. The summed E-state index contributed by atoms with van der Waals surface area (Å²) in [4.78, 5) is 11.9. The van der Waals surface area contributed by atoms with Crippen LogP contribution in [0.2, 0.25) is 0 Å². The third-order valence-electron chi connectivity index (χ3n) is 2.84. The van der Waals surface area contributed by atoms with Gasteiger partial charge in [-0.15, -0.1) is 0 Å². The van der Waals surface area contributed by atoms with E-state index in [1.54, 1.807) is 24.3 Å². The fourth-order valence-electron chi connectivity index (χ4n) is 1.81. The summed E-state index contributed by atoms with van der Waals surface area (Å²) in [6.07, 6.45) is 0. The van der Waals surface area contributed by atoms with E-state index in [-0.39, 0.29) is 12.5 Å². The molecule has 0 saturated heterocycles. The van der Waals surface area contributed by atoms with E-state index in [0.29, 0.717) is 11.3 Å². The number of nitrogens with one attached hydrogen (secondary N) is 2. The number of hydrogen-bond acceptors (Lipinski definition) is 3. The van der Waals surface area contributed by atoms with E-state index >= 15 is 0 Å². The van der Waals surface area contributed by atoms with Crippen LogP contribution in [0.15, 0.2) is 46.9 Å². The number of nitrogens with zero attached hydrogens (tertiary/aromatic N) is 1. The zero-order valence-electron chi connectivity index (χ0n) is 11.5. The molecule has 2 rings (SSSR count). The fraction of sp³-hybridized carbons (Fsp3) is 0.125. The quantitative estimate of drug-likeness (QED) is 0.889. The lowest BCUT2D eigenvalue weighted by molar-refractivity contribution is -0.114. The maximum absolute atomic E-state index is 11.9. The molecule has 0 aromatic heterocycles. The molecule has 0 bridgehead atoms. The first-order valence-electron chi connectivity index (χ1n) is 6.38. The number of hydrogen-bond donors (Lipinski definition) is 2. The van der Waals surface area contributed by atoms with Crippen LogP contribution in [-0.2, 0) is 4.79 Å². The van der Waals surface area contributed by atoms with Gasteiger partial charge in [-0.3, -0.25) is 4.79 Å². The Morgan fingerprint density at radius 1 is 1.29 bits per heavy atom. The normalized spacial score (nSPS) is 9.76. The van der Waals surface area contributed by atoms with E-state index in [1.807, 2.05) is 31.2 Å². The zero-order valence-corrected chi connectivity index (χ0v) is 13.1. The van der Waals surface area contributed by atoms with Gasteiger partial charge in [0.15, 0.2) is 0 Å². The molecule has 1 amide bonds. The van der Waals surface area contributed by atoms with Crippen molar-refractivity contribution in [2.24, 2.45) is 0 Å². The smallest absolute Gasteiger partial charge is 0.243 e. The molecular formula is C16H14BrN3O. The van der Waals surface area contributed by atoms with Crippen LogP contribution in [0.4, 0.5) is 11.4 Å². The number of anilines is 2. The lowest BCUT2D eigenvalue weighted by Crippen LogP contribution is -2.21. The molecule has 2 aromatic carbocycles. The third kappa shape index (κ3) is 4.33. The molecule has 0 saturated carbocycles. The van der Waals surface area contributed by atoms with Crippen molar-refractivity contribution >= 4 is 33.2 Å². The van der Waals surface area contributed by atoms with E-state index in [9.17, 15) is 4.79 Å². The molecule has 106 valence electrons. The van der Waals surface area contributed by atoms with Gasteiger partial charge >= 0.3 is 0 Å². The van der Waals surface area contributed by atoms with Crippen molar-refractivity contribution in [3.05, 3.63) is 58.1 Å². The van der Waals surface area contributed by atoms with Crippen molar-refractivity contribution in [1.82, 2.24) is 0 Å². The van der Waals surface area contributed by atoms with Crippen molar-refractivity contribution in [1.29, 1.82) is 5.26 Å². The van der Waals surface area contributed by atoms with E-state index in [0.717, 1.165) is 15.7 Å². The number of carbonyl (C=O) groups is 1. The third-order valence-corrected chi connectivity index (χ3v) is 3.50. The van der Waals surface area contributed by atoms with Crippen LogP contribution in [0.3, 0.4) is 0 Å². The highest BCUT2D eigenvalue weighted by Crippen LogP contribution is 2.23. The number of halogens is 1. The van der Waals surface area contributed by atoms with E-state index in [1.165, 1.54) is 0 Å². The van der Waals surface area contributed by atoms with Gasteiger partial charge in [0.2, 0.25) is 5.91 Å². The maximum Gasteiger partial charge on any atom is 0.243 e. The summed E-state index contributed by atoms with van der Waals surface area (Å²) < 4.78 is 0.918. The predicted octanol–water partition coefficient (Wildman–Crippen LogP) is 3.68. The molecule has 0 atom stereocenters. The van der Waals surface area contributed by atoms with Crippen molar-refractivity contribution in [2.45, 2.75) is 6.92 Å². The molecule has 2 N–H and O–H groups in total. The number of rotatable bonds is 4. The molecule has 5 heteroatoms. The van der Waals surface area contributed by atoms with E-state index < -0.39 is 0 Å². The predicted molar refractivity (Wildman–Crippen MR) is 87.2 cm³/mol. The van der Waals surface area contributed by atoms with Gasteiger partial charge in [-0.2, -0.15) is 5.26 Å². The minimum absolute atomic E-state index is 0.151. The Balaban J connectivity index is 1.94. The molecule has 21 heavy (non-hydrogen) atoms. The van der Waals surface area contributed by atoms with Crippen molar-refractivity contribution in [2.75, 3.05) is 17.2 Å². The minimum Gasteiger partial charge on any atom is -0.375 e. The average molecular weight is 344 g/mol. The van der Waals surface area contributed by atoms with Crippen molar-refractivity contribution in [3.63, 3.8) is 0 Å². The van der Waals surface area contributed by atoms with Gasteiger partial charge in [-0.1, -0.05) is 12.1 Å². The van der Waals surface area contributed by atoms with Crippen molar-refractivity contribution < 1.29 is 4.79 Å². The highest BCUT2D eigenvalue weighted by molar-refractivity contribution is 9.10. The van der Waals surface area contributed by atoms with Gasteiger partial charge in [-0.25, -0.2) is 0 Å². The second-order valence-electron chi connectivity index (χ2n) is 4.58. The lowest BCUT2D eigenvalue weighted by Gasteiger charge is -2.10. The number of benzene rings is 2. The summed E-state index contributed by atoms with van der Waals surface area (Å²) in [6.45, 7) is 2.15. The summed E-state index contributed by atoms with van der Waals surface area (Å²) in [6, 6.07) is 14.7. The zero-order chi connectivity index (χ0) is 15.2. The van der Waals surface area contributed by atoms with Gasteiger partial charge in [0, 0.05) is 15.8 Å². The lowest BCUT2D eigenvalue weighted by atomic mass is 10.2. The standard InChI is InChI=1S/C16H14BrN3O/c1-11-5-6-15(14(17)7-11)19-10-16(21)20-13-4-2-3-12(8-13)9-18/h2-8,19H,10H2,1H3,(H,20,21). The summed E-state index contributed by atoms with van der Waals surface area (Å²) in [7, 11) is 0. The van der Waals surface area contributed by atoms with Crippen LogP contribution >= 0.6 is 15.9 Å². The van der Waals surface area contributed by atoms with Crippen LogP contribution in [0.25, 0.3) is 0 Å². The first kappa shape index (κ1) is 15.1. The van der Waals surface area contributed by atoms with Gasteiger partial charge < -0.3 is 10.6 Å². The first-order chi connectivity index (χ1) is 10.1. The Bertz CT molecular complexity index is 707. The molecule has 0 radical (unpaired) electrons. The highest BCUT2D eigenvalue weighted by Gasteiger charge is 2.05. The Morgan fingerprint density at radius 3 is 2.81 bits per heavy atom. The number of carbonyl (C=O) groups excluding carboxylic acids is 1. The molecule has 0 aliphatic heterocycles. The summed E-state index contributed by atoms with van der Waals surface area (Å²) in [5.74, 6) is -0.169. The molecule has 4 nitrogen and oxygen atoms in total. The van der Waals surface area contributed by atoms with Gasteiger partial charge in [0.1, 0.15) is 0 Å². The summed E-state index contributed by atoms with van der Waals surface area (Å²) >= 11 is 3.45. The second kappa shape index (κ2) is 6.91. The van der Waals surface area contributed by atoms with Crippen LogP contribution in [0.5, 0.6) is 0 Å². The summed E-state index contributed by atoms with van der Waals surface area (Å²) in [5, 5.41) is 14.6. The van der Waals surface area contributed by atoms with Gasteiger partial charge in [-0.05, 0) is 58.7 Å². The van der Waals surface area contributed by atoms with E-state index in [2.05, 4.69) is 26.6 Å². The van der Waals surface area contributed by atoms with Crippen molar-refractivity contribution in [3.8, 4) is 6.07 Å². The molecule has 0 fully saturated rings. The molecule has 2 aromatic rings. The molecule has 0 aliphatic carbocycles. The Kier molecular flexibility index (Phi) is 4.96. The monoisotopic (exact) mass is 343 g/mol. The van der Waals surface area contributed by atoms with Gasteiger partial charge in [0.25, 0.3) is 0 Å². The Labute approximate surface area is 131 Å². The number of nitriles is 1. The first-order valence-corrected chi connectivity index (χ1v) is 7.18. The molecule has 0 spiro atoms.